The van der Waals surface area contributed by atoms with Crippen LogP contribution >= 0.6 is 11.8 Å². The summed E-state index contributed by atoms with van der Waals surface area (Å²) < 4.78 is 3.33. The second-order valence-corrected chi connectivity index (χ2v) is 10.9. The van der Waals surface area contributed by atoms with Crippen molar-refractivity contribution in [3.63, 3.8) is 0 Å². The van der Waals surface area contributed by atoms with Crippen molar-refractivity contribution in [2.24, 2.45) is 0 Å². The number of nitrogens with zero attached hydrogens (tertiary/aromatic N) is 2. The molecule has 4 nitrogen and oxygen atoms in total. The Morgan fingerprint density at radius 1 is 1.47 bits per heavy atom. The molecule has 1 aromatic rings. The second kappa shape index (κ2) is 3.18. The molecule has 2 heterocycles. The summed E-state index contributed by atoms with van der Waals surface area (Å²) in [6.07, 6.45) is 0. The van der Waals surface area contributed by atoms with Crippen molar-refractivity contribution < 1.29 is 5.11 Å². The summed E-state index contributed by atoms with van der Waals surface area (Å²) in [6.45, 7) is 8.17. The highest BCUT2D eigenvalue weighted by Crippen LogP contribution is 2.38. The van der Waals surface area contributed by atoms with Gasteiger partial charge in [0.15, 0.2) is 8.24 Å². The highest BCUT2D eigenvalue weighted by molar-refractivity contribution is 7.98. The maximum absolute atomic E-state index is 12.1. The van der Waals surface area contributed by atoms with E-state index in [9.17, 15) is 9.90 Å². The Labute approximate surface area is 94.0 Å². The number of rotatable bonds is 1. The van der Waals surface area contributed by atoms with E-state index >= 15 is 0 Å². The first kappa shape index (κ1) is 10.9. The van der Waals surface area contributed by atoms with Gasteiger partial charge in [0.1, 0.15) is 0 Å². The molecule has 0 saturated heterocycles. The molecule has 15 heavy (non-hydrogen) atoms. The van der Waals surface area contributed by atoms with Gasteiger partial charge in [-0.05, 0) is 6.92 Å². The molecule has 1 atom stereocenters. The standard InChI is InChI=1S/C9H16N2O2SSi/c1-6-10-7(5-14-6)8(12)11(9(10)13)15(2,3)4/h6,12H,5H2,1-4H3. The van der Waals surface area contributed by atoms with Gasteiger partial charge in [0.05, 0.1) is 11.1 Å². The number of fused-ring (bicyclic) bond motifs is 1. The third-order valence-corrected chi connectivity index (χ3v) is 5.53. The highest BCUT2D eigenvalue weighted by atomic mass is 32.2. The predicted molar refractivity (Wildman–Crippen MR) is 65.1 cm³/mol. The first-order valence-electron chi connectivity index (χ1n) is 5.01. The Kier molecular flexibility index (Phi) is 2.31. The van der Waals surface area contributed by atoms with Crippen LogP contribution in [0.15, 0.2) is 4.79 Å². The molecule has 1 aliphatic heterocycles. The Morgan fingerprint density at radius 2 is 2.07 bits per heavy atom. The minimum atomic E-state index is -1.82. The summed E-state index contributed by atoms with van der Waals surface area (Å²) in [5.74, 6) is 0.927. The van der Waals surface area contributed by atoms with Crippen molar-refractivity contribution in [1.82, 2.24) is 8.80 Å². The Balaban J connectivity index is 2.72. The van der Waals surface area contributed by atoms with E-state index in [1.54, 1.807) is 20.6 Å². The van der Waals surface area contributed by atoms with Crippen LogP contribution in [0.3, 0.4) is 0 Å². The zero-order valence-electron chi connectivity index (χ0n) is 9.44. The number of hydrogen-bond acceptors (Lipinski definition) is 3. The number of thioether (sulfide) groups is 1. The van der Waals surface area contributed by atoms with Gasteiger partial charge in [0.2, 0.25) is 5.88 Å². The molecule has 1 N–H and O–H groups in total. The van der Waals surface area contributed by atoms with Gasteiger partial charge in [-0.2, -0.15) is 0 Å². The third kappa shape index (κ3) is 1.47. The van der Waals surface area contributed by atoms with E-state index in [2.05, 4.69) is 19.6 Å². The fourth-order valence-electron chi connectivity index (χ4n) is 1.94. The lowest BCUT2D eigenvalue weighted by Gasteiger charge is -2.18. The highest BCUT2D eigenvalue weighted by Gasteiger charge is 2.33. The zero-order chi connectivity index (χ0) is 11.4. The first-order valence-corrected chi connectivity index (χ1v) is 9.51. The second-order valence-electron chi connectivity index (χ2n) is 4.84. The minimum absolute atomic E-state index is 0.0424. The summed E-state index contributed by atoms with van der Waals surface area (Å²) in [5, 5.41) is 10.2. The summed E-state index contributed by atoms with van der Waals surface area (Å²) in [5.41, 5.74) is 0.749. The van der Waals surface area contributed by atoms with Crippen LogP contribution in [-0.2, 0) is 5.75 Å². The molecule has 2 rings (SSSR count). The molecule has 6 heteroatoms. The Hall–Kier alpha value is -0.623. The van der Waals surface area contributed by atoms with E-state index in [1.165, 1.54) is 0 Å². The number of aromatic nitrogens is 2. The average molecular weight is 244 g/mol. The van der Waals surface area contributed by atoms with E-state index in [1.807, 2.05) is 6.92 Å². The van der Waals surface area contributed by atoms with Crippen LogP contribution in [0.4, 0.5) is 0 Å². The number of hydrogen-bond donors (Lipinski definition) is 1. The van der Waals surface area contributed by atoms with Crippen LogP contribution < -0.4 is 5.69 Å². The molecule has 0 aromatic carbocycles. The lowest BCUT2D eigenvalue weighted by molar-refractivity contribution is 0.441. The molecule has 1 aliphatic rings. The molecule has 1 aromatic heterocycles. The molecule has 84 valence electrons. The van der Waals surface area contributed by atoms with Gasteiger partial charge in [-0.3, -0.25) is 8.80 Å². The summed E-state index contributed by atoms with van der Waals surface area (Å²) in [4.78, 5) is 12.1. The molecule has 1 unspecified atom stereocenters. The lowest BCUT2D eigenvalue weighted by atomic mass is 10.5. The van der Waals surface area contributed by atoms with Crippen molar-refractivity contribution in [2.75, 3.05) is 0 Å². The van der Waals surface area contributed by atoms with Gasteiger partial charge < -0.3 is 5.11 Å². The van der Waals surface area contributed by atoms with Gasteiger partial charge in [0.25, 0.3) is 0 Å². The summed E-state index contributed by atoms with van der Waals surface area (Å²) in [7, 11) is -1.82. The molecule has 0 spiro atoms. The van der Waals surface area contributed by atoms with Crippen molar-refractivity contribution in [3.05, 3.63) is 16.2 Å². The SMILES string of the molecule is CC1SCc2c(O)n([Si](C)(C)C)c(=O)n21. The molecule has 0 radical (unpaired) electrons. The predicted octanol–water partition coefficient (Wildman–Crippen LogP) is 1.80. The van der Waals surface area contributed by atoms with Crippen molar-refractivity contribution in [1.29, 1.82) is 0 Å². The molecular weight excluding hydrogens is 228 g/mol. The maximum Gasteiger partial charge on any atom is 0.324 e. The van der Waals surface area contributed by atoms with Crippen molar-refractivity contribution >= 4 is 20.0 Å². The van der Waals surface area contributed by atoms with Gasteiger partial charge in [-0.25, -0.2) is 4.79 Å². The van der Waals surface area contributed by atoms with Gasteiger partial charge in [-0.15, -0.1) is 11.8 Å². The molecular formula is C9H16N2O2SSi. The van der Waals surface area contributed by atoms with Gasteiger partial charge in [0, 0.05) is 5.75 Å². The van der Waals surface area contributed by atoms with Crippen LogP contribution in [0.1, 0.15) is 18.0 Å². The zero-order valence-corrected chi connectivity index (χ0v) is 11.3. The monoisotopic (exact) mass is 244 g/mol. The van der Waals surface area contributed by atoms with E-state index < -0.39 is 8.24 Å². The van der Waals surface area contributed by atoms with Crippen molar-refractivity contribution in [2.45, 2.75) is 37.7 Å². The quantitative estimate of drug-likeness (QED) is 0.766. The van der Waals surface area contributed by atoms with Crippen LogP contribution in [0, 0.1) is 0 Å². The Morgan fingerprint density at radius 3 is 2.53 bits per heavy atom. The molecule has 0 saturated carbocycles. The molecule has 0 fully saturated rings. The molecule has 0 bridgehead atoms. The van der Waals surface area contributed by atoms with Crippen LogP contribution in [-0.4, -0.2) is 22.1 Å². The van der Waals surface area contributed by atoms with E-state index in [0.717, 1.165) is 11.4 Å². The smallest absolute Gasteiger partial charge is 0.324 e. The fourth-order valence-corrected chi connectivity index (χ4v) is 4.42. The topological polar surface area (TPSA) is 47.2 Å². The molecule has 0 aliphatic carbocycles. The van der Waals surface area contributed by atoms with Gasteiger partial charge >= 0.3 is 5.69 Å². The largest absolute Gasteiger partial charge is 0.494 e. The summed E-state index contributed by atoms with van der Waals surface area (Å²) in [6, 6.07) is 0. The van der Waals surface area contributed by atoms with Gasteiger partial charge in [-0.1, -0.05) is 19.6 Å². The normalized spacial score (nSPS) is 20.7. The van der Waals surface area contributed by atoms with E-state index in [0.29, 0.717) is 0 Å². The van der Waals surface area contributed by atoms with Crippen LogP contribution in [0.25, 0.3) is 0 Å². The maximum atomic E-state index is 12.1. The fraction of sp³-hybridized carbons (Fsp3) is 0.667. The third-order valence-electron chi connectivity index (χ3n) is 2.65. The Bertz CT molecular complexity index is 458. The first-order chi connectivity index (χ1) is 6.84. The summed E-state index contributed by atoms with van der Waals surface area (Å²) >= 11 is 1.69. The lowest BCUT2D eigenvalue weighted by Crippen LogP contribution is -2.41. The van der Waals surface area contributed by atoms with E-state index in [-0.39, 0.29) is 16.9 Å². The van der Waals surface area contributed by atoms with Crippen LogP contribution in [0.2, 0.25) is 19.6 Å². The van der Waals surface area contributed by atoms with Crippen molar-refractivity contribution in [3.8, 4) is 5.88 Å². The van der Waals surface area contributed by atoms with E-state index in [4.69, 9.17) is 0 Å². The molecule has 0 amide bonds. The average Bonchev–Trinajstić information content (AvgIpc) is 2.54. The number of aromatic hydroxyl groups is 1. The number of imidazole rings is 1. The minimum Gasteiger partial charge on any atom is -0.494 e. The van der Waals surface area contributed by atoms with Crippen LogP contribution in [0.5, 0.6) is 5.88 Å².